The second-order valence-electron chi connectivity index (χ2n) is 10.2. The minimum Gasteiger partial charge on any atom is -0.507 e. The van der Waals surface area contributed by atoms with E-state index in [4.69, 9.17) is 4.74 Å². The first-order valence-corrected chi connectivity index (χ1v) is 12.1. The van der Waals surface area contributed by atoms with Crippen LogP contribution in [0.2, 0.25) is 0 Å². The van der Waals surface area contributed by atoms with Gasteiger partial charge in [0.05, 0.1) is 24.8 Å². The van der Waals surface area contributed by atoms with Crippen LogP contribution in [0.25, 0.3) is 5.76 Å². The molecule has 1 amide bonds. The number of carbonyl (C=O) groups excluding carboxylic acids is 2. The van der Waals surface area contributed by atoms with Crippen LogP contribution in [0.1, 0.15) is 49.9 Å². The number of morpholine rings is 1. The molecule has 0 unspecified atom stereocenters. The van der Waals surface area contributed by atoms with E-state index in [1.54, 1.807) is 4.90 Å². The number of likely N-dealkylation sites (tertiary alicyclic amines) is 1. The average Bonchev–Trinajstić information content (AvgIpc) is 3.09. The molecule has 7 heteroatoms. The van der Waals surface area contributed by atoms with E-state index >= 15 is 0 Å². The molecule has 1 atom stereocenters. The fourth-order valence-electron chi connectivity index (χ4n) is 4.68. The van der Waals surface area contributed by atoms with E-state index in [2.05, 4.69) is 25.7 Å². The zero-order chi connectivity index (χ0) is 25.2. The molecule has 2 aliphatic rings. The Morgan fingerprint density at radius 2 is 1.63 bits per heavy atom. The van der Waals surface area contributed by atoms with Gasteiger partial charge in [-0.05, 0) is 47.2 Å². The molecule has 0 saturated carbocycles. The molecule has 0 radical (unpaired) electrons. The molecule has 6 nitrogen and oxygen atoms in total. The highest BCUT2D eigenvalue weighted by Crippen LogP contribution is 2.40. The lowest BCUT2D eigenvalue weighted by atomic mass is 9.85. The number of benzene rings is 2. The fourth-order valence-corrected chi connectivity index (χ4v) is 4.68. The van der Waals surface area contributed by atoms with Crippen molar-refractivity contribution in [1.82, 2.24) is 9.80 Å². The summed E-state index contributed by atoms with van der Waals surface area (Å²) in [6.45, 7) is 10.6. The minimum atomic E-state index is -0.719. The average molecular weight is 481 g/mol. The van der Waals surface area contributed by atoms with E-state index in [0.717, 1.165) is 30.8 Å². The first kappa shape index (κ1) is 25.1. The van der Waals surface area contributed by atoms with Crippen LogP contribution in [0.5, 0.6) is 0 Å². The van der Waals surface area contributed by atoms with Crippen molar-refractivity contribution < 1.29 is 23.8 Å². The predicted molar refractivity (Wildman–Crippen MR) is 132 cm³/mol. The molecule has 2 heterocycles. The molecule has 2 aromatic carbocycles. The molecule has 35 heavy (non-hydrogen) atoms. The molecule has 4 rings (SSSR count). The van der Waals surface area contributed by atoms with Gasteiger partial charge in [-0.2, -0.15) is 0 Å². The van der Waals surface area contributed by atoms with Crippen molar-refractivity contribution in [3.05, 3.63) is 76.6 Å². The summed E-state index contributed by atoms with van der Waals surface area (Å²) >= 11 is 0. The van der Waals surface area contributed by atoms with E-state index in [0.29, 0.717) is 31.7 Å². The smallest absolute Gasteiger partial charge is 0.295 e. The minimum absolute atomic E-state index is 0.0384. The van der Waals surface area contributed by atoms with Crippen molar-refractivity contribution in [2.24, 2.45) is 0 Å². The van der Waals surface area contributed by atoms with Crippen molar-refractivity contribution in [1.29, 1.82) is 0 Å². The zero-order valence-corrected chi connectivity index (χ0v) is 20.6. The molecule has 2 aliphatic heterocycles. The van der Waals surface area contributed by atoms with Gasteiger partial charge in [-0.15, -0.1) is 0 Å². The van der Waals surface area contributed by atoms with Crippen LogP contribution in [0.15, 0.2) is 54.1 Å². The highest BCUT2D eigenvalue weighted by atomic mass is 19.1. The Kier molecular flexibility index (Phi) is 7.38. The Bertz CT molecular complexity index is 1100. The molecular formula is C28H33FN2O4. The van der Waals surface area contributed by atoms with Crippen molar-refractivity contribution in [2.45, 2.75) is 38.6 Å². The van der Waals surface area contributed by atoms with Gasteiger partial charge in [0.1, 0.15) is 11.6 Å². The van der Waals surface area contributed by atoms with Gasteiger partial charge in [-0.1, -0.05) is 45.0 Å². The molecule has 0 aromatic heterocycles. The zero-order valence-electron chi connectivity index (χ0n) is 20.6. The van der Waals surface area contributed by atoms with E-state index in [1.807, 2.05) is 24.3 Å². The maximum atomic E-state index is 13.5. The molecule has 2 fully saturated rings. The molecule has 0 aliphatic carbocycles. The van der Waals surface area contributed by atoms with E-state index in [-0.39, 0.29) is 16.7 Å². The first-order valence-electron chi connectivity index (χ1n) is 12.1. The van der Waals surface area contributed by atoms with Crippen LogP contribution in [-0.4, -0.2) is 66.0 Å². The monoisotopic (exact) mass is 480 g/mol. The van der Waals surface area contributed by atoms with Crippen molar-refractivity contribution >= 4 is 17.4 Å². The van der Waals surface area contributed by atoms with Gasteiger partial charge in [-0.3, -0.25) is 14.5 Å². The van der Waals surface area contributed by atoms with Crippen LogP contribution in [0, 0.1) is 5.82 Å². The summed E-state index contributed by atoms with van der Waals surface area (Å²) in [6.07, 6.45) is 0.695. The molecule has 0 spiro atoms. The largest absolute Gasteiger partial charge is 0.507 e. The number of hydrogen-bond donors (Lipinski definition) is 1. The van der Waals surface area contributed by atoms with Gasteiger partial charge in [-0.25, -0.2) is 4.39 Å². The maximum absolute atomic E-state index is 13.5. The summed E-state index contributed by atoms with van der Waals surface area (Å²) in [5, 5.41) is 11.1. The number of Topliss-reactive ketones (excluding diaryl/α,β-unsaturated/α-hetero) is 1. The lowest BCUT2D eigenvalue weighted by Crippen LogP contribution is -2.39. The number of nitrogens with zero attached hydrogens (tertiary/aromatic N) is 2. The number of ether oxygens (including phenoxy) is 1. The Balaban J connectivity index is 1.68. The van der Waals surface area contributed by atoms with E-state index in [9.17, 15) is 19.1 Å². The number of ketones is 1. The topological polar surface area (TPSA) is 70.1 Å². The first-order chi connectivity index (χ1) is 16.7. The number of hydrogen-bond acceptors (Lipinski definition) is 5. The van der Waals surface area contributed by atoms with Gasteiger partial charge < -0.3 is 14.7 Å². The molecule has 0 bridgehead atoms. The van der Waals surface area contributed by atoms with Gasteiger partial charge in [0.2, 0.25) is 0 Å². The number of aliphatic hydroxyl groups is 1. The second-order valence-corrected chi connectivity index (χ2v) is 10.2. The van der Waals surface area contributed by atoms with Crippen LogP contribution in [0.4, 0.5) is 4.39 Å². The summed E-state index contributed by atoms with van der Waals surface area (Å²) in [4.78, 5) is 30.1. The summed E-state index contributed by atoms with van der Waals surface area (Å²) in [6, 6.07) is 12.4. The highest BCUT2D eigenvalue weighted by Gasteiger charge is 2.45. The van der Waals surface area contributed by atoms with E-state index in [1.165, 1.54) is 24.3 Å². The summed E-state index contributed by atoms with van der Waals surface area (Å²) in [5.41, 5.74) is 2.17. The van der Waals surface area contributed by atoms with Gasteiger partial charge in [0, 0.05) is 31.7 Å². The number of amides is 1. The van der Waals surface area contributed by atoms with Crippen LogP contribution in [-0.2, 0) is 19.7 Å². The van der Waals surface area contributed by atoms with Gasteiger partial charge in [0.15, 0.2) is 0 Å². The standard InChI is InChI=1S/C28H33FN2O4/c1-28(2,3)21-9-5-19(6-10-21)24-23(25(32)20-7-11-22(29)12-8-20)26(33)27(34)31(24)14-4-13-30-15-17-35-18-16-30/h5-12,24,32H,4,13-18H2,1-3H3/t24-/m0/s1. The van der Waals surface area contributed by atoms with E-state index < -0.39 is 23.5 Å². The third-order valence-corrected chi connectivity index (χ3v) is 6.73. The Morgan fingerprint density at radius 3 is 2.23 bits per heavy atom. The van der Waals surface area contributed by atoms with Gasteiger partial charge >= 0.3 is 0 Å². The lowest BCUT2D eigenvalue weighted by molar-refractivity contribution is -0.140. The van der Waals surface area contributed by atoms with Gasteiger partial charge in [0.25, 0.3) is 11.7 Å². The molecule has 2 saturated heterocycles. The predicted octanol–water partition coefficient (Wildman–Crippen LogP) is 4.27. The summed E-state index contributed by atoms with van der Waals surface area (Å²) in [7, 11) is 0. The Morgan fingerprint density at radius 1 is 1.00 bits per heavy atom. The number of carbonyl (C=O) groups is 2. The lowest BCUT2D eigenvalue weighted by Gasteiger charge is -2.29. The third-order valence-electron chi connectivity index (χ3n) is 6.73. The molecule has 1 N–H and O–H groups in total. The van der Waals surface area contributed by atoms with Crippen molar-refractivity contribution in [2.75, 3.05) is 39.4 Å². The highest BCUT2D eigenvalue weighted by molar-refractivity contribution is 6.46. The van der Waals surface area contributed by atoms with Crippen LogP contribution < -0.4 is 0 Å². The SMILES string of the molecule is CC(C)(C)c1ccc([C@H]2C(=C(O)c3ccc(F)cc3)C(=O)C(=O)N2CCCN2CCOCC2)cc1. The summed E-state index contributed by atoms with van der Waals surface area (Å²) < 4.78 is 18.9. The Labute approximate surface area is 206 Å². The number of rotatable bonds is 6. The maximum Gasteiger partial charge on any atom is 0.295 e. The molecule has 2 aromatic rings. The van der Waals surface area contributed by atoms with Crippen molar-refractivity contribution in [3.63, 3.8) is 0 Å². The second kappa shape index (κ2) is 10.3. The third kappa shape index (κ3) is 5.46. The summed E-state index contributed by atoms with van der Waals surface area (Å²) in [5.74, 6) is -2.08. The van der Waals surface area contributed by atoms with Crippen LogP contribution in [0.3, 0.4) is 0 Å². The number of halogens is 1. The molecular weight excluding hydrogens is 447 g/mol. The fraction of sp³-hybridized carbons (Fsp3) is 0.429. The van der Waals surface area contributed by atoms with Crippen LogP contribution >= 0.6 is 0 Å². The van der Waals surface area contributed by atoms with Crippen molar-refractivity contribution in [3.8, 4) is 0 Å². The Hall–Kier alpha value is -3.03. The number of aliphatic hydroxyl groups excluding tert-OH is 1. The quantitative estimate of drug-likeness (QED) is 0.380. The normalized spacial score (nSPS) is 21.0. The molecule has 186 valence electrons.